The summed E-state index contributed by atoms with van der Waals surface area (Å²) in [6.45, 7) is 1.16. The highest BCUT2D eigenvalue weighted by Crippen LogP contribution is 2.31. The molecular formula is C17H18ClFN6O. The number of hydrogen-bond acceptors (Lipinski definition) is 6. The van der Waals surface area contributed by atoms with E-state index in [-0.39, 0.29) is 11.8 Å². The third-order valence-electron chi connectivity index (χ3n) is 4.45. The van der Waals surface area contributed by atoms with Gasteiger partial charge in [0.15, 0.2) is 17.3 Å². The molecule has 0 radical (unpaired) electrons. The molecule has 2 atom stereocenters. The molecule has 0 spiro atoms. The van der Waals surface area contributed by atoms with Crippen LogP contribution in [0.4, 0.5) is 10.2 Å². The van der Waals surface area contributed by atoms with Crippen LogP contribution in [0, 0.1) is 0 Å². The summed E-state index contributed by atoms with van der Waals surface area (Å²) in [5.74, 6) is 0.942. The van der Waals surface area contributed by atoms with Crippen LogP contribution in [0.15, 0.2) is 30.6 Å². The van der Waals surface area contributed by atoms with Crippen molar-refractivity contribution in [1.29, 1.82) is 0 Å². The molecule has 2 N–H and O–H groups in total. The number of fused-ring (bicyclic) bond motifs is 1. The maximum atomic E-state index is 13.8. The molecule has 1 aromatic carbocycles. The SMILES string of the molecule is CN1C[C@H](F)C[C@@H](Nc2nnc(-c3ccc(Cl)cc3O)n3ccnc23)C1. The van der Waals surface area contributed by atoms with Crippen molar-refractivity contribution in [3.8, 4) is 17.1 Å². The van der Waals surface area contributed by atoms with Gasteiger partial charge in [0.2, 0.25) is 0 Å². The molecule has 1 fully saturated rings. The lowest BCUT2D eigenvalue weighted by Crippen LogP contribution is -2.45. The monoisotopic (exact) mass is 376 g/mol. The van der Waals surface area contributed by atoms with E-state index in [0.29, 0.717) is 47.4 Å². The normalized spacial score (nSPS) is 21.2. The van der Waals surface area contributed by atoms with Crippen LogP contribution in [0.2, 0.25) is 5.02 Å². The number of aromatic nitrogens is 4. The number of imidazole rings is 1. The Morgan fingerprint density at radius 1 is 1.31 bits per heavy atom. The number of phenolic OH excluding ortho intramolecular Hbond substituents is 1. The third kappa shape index (κ3) is 3.17. The van der Waals surface area contributed by atoms with E-state index in [4.69, 9.17) is 11.6 Å². The van der Waals surface area contributed by atoms with Gasteiger partial charge >= 0.3 is 0 Å². The van der Waals surface area contributed by atoms with Crippen molar-refractivity contribution in [2.75, 3.05) is 25.5 Å². The average Bonchev–Trinajstić information content (AvgIpc) is 3.05. The Morgan fingerprint density at radius 3 is 2.92 bits per heavy atom. The van der Waals surface area contributed by atoms with Gasteiger partial charge in [0, 0.05) is 43.0 Å². The summed E-state index contributed by atoms with van der Waals surface area (Å²) in [7, 11) is 1.89. The Labute approximate surface area is 154 Å². The van der Waals surface area contributed by atoms with Crippen LogP contribution in [0.25, 0.3) is 17.0 Å². The highest BCUT2D eigenvalue weighted by atomic mass is 35.5. The van der Waals surface area contributed by atoms with Gasteiger partial charge in [-0.25, -0.2) is 9.37 Å². The van der Waals surface area contributed by atoms with Crippen LogP contribution in [-0.2, 0) is 0 Å². The second-order valence-corrected chi connectivity index (χ2v) is 6.99. The van der Waals surface area contributed by atoms with Crippen molar-refractivity contribution in [1.82, 2.24) is 24.5 Å². The molecule has 1 aliphatic rings. The van der Waals surface area contributed by atoms with Gasteiger partial charge in [-0.3, -0.25) is 4.40 Å². The summed E-state index contributed by atoms with van der Waals surface area (Å²) < 4.78 is 15.6. The lowest BCUT2D eigenvalue weighted by Gasteiger charge is -2.32. The number of piperidine rings is 1. The first-order chi connectivity index (χ1) is 12.5. The second-order valence-electron chi connectivity index (χ2n) is 6.55. The maximum Gasteiger partial charge on any atom is 0.192 e. The molecule has 1 aliphatic heterocycles. The molecule has 0 unspecified atom stereocenters. The first-order valence-corrected chi connectivity index (χ1v) is 8.67. The molecule has 4 rings (SSSR count). The Hall–Kier alpha value is -2.45. The van der Waals surface area contributed by atoms with Crippen LogP contribution in [0.1, 0.15) is 6.42 Å². The quantitative estimate of drug-likeness (QED) is 0.731. The summed E-state index contributed by atoms with van der Waals surface area (Å²) in [5.41, 5.74) is 1.06. The molecule has 136 valence electrons. The molecule has 0 bridgehead atoms. The van der Waals surface area contributed by atoms with Crippen molar-refractivity contribution in [2.24, 2.45) is 0 Å². The van der Waals surface area contributed by atoms with Gasteiger partial charge in [0.25, 0.3) is 0 Å². The van der Waals surface area contributed by atoms with Crippen LogP contribution >= 0.6 is 11.6 Å². The Bertz CT molecular complexity index is 938. The van der Waals surface area contributed by atoms with Crippen molar-refractivity contribution < 1.29 is 9.50 Å². The lowest BCUT2D eigenvalue weighted by molar-refractivity contribution is 0.153. The zero-order valence-electron chi connectivity index (χ0n) is 14.1. The van der Waals surface area contributed by atoms with Gasteiger partial charge in [-0.15, -0.1) is 10.2 Å². The fraction of sp³-hybridized carbons (Fsp3) is 0.353. The maximum absolute atomic E-state index is 13.8. The number of halogens is 2. The topological polar surface area (TPSA) is 78.6 Å². The number of alkyl halides is 1. The molecule has 0 amide bonds. The number of aromatic hydroxyl groups is 1. The number of likely N-dealkylation sites (tertiary alicyclic amines) is 1. The lowest BCUT2D eigenvalue weighted by atomic mass is 10.0. The molecule has 1 saturated heterocycles. The number of benzene rings is 1. The van der Waals surface area contributed by atoms with E-state index >= 15 is 0 Å². The van der Waals surface area contributed by atoms with Gasteiger partial charge in [0.1, 0.15) is 11.9 Å². The van der Waals surface area contributed by atoms with Crippen LogP contribution in [0.5, 0.6) is 5.75 Å². The predicted octanol–water partition coefficient (Wildman–Crippen LogP) is 2.60. The van der Waals surface area contributed by atoms with Crippen molar-refractivity contribution in [2.45, 2.75) is 18.6 Å². The fourth-order valence-electron chi connectivity index (χ4n) is 3.36. The summed E-state index contributed by atoms with van der Waals surface area (Å²) in [6, 6.07) is 4.73. The molecule has 3 heterocycles. The summed E-state index contributed by atoms with van der Waals surface area (Å²) in [6.07, 6.45) is 2.91. The molecule has 2 aromatic heterocycles. The minimum Gasteiger partial charge on any atom is -0.507 e. The zero-order chi connectivity index (χ0) is 18.3. The fourth-order valence-corrected chi connectivity index (χ4v) is 3.52. The third-order valence-corrected chi connectivity index (χ3v) is 4.68. The molecule has 7 nitrogen and oxygen atoms in total. The van der Waals surface area contributed by atoms with Crippen LogP contribution in [0.3, 0.4) is 0 Å². The van der Waals surface area contributed by atoms with Crippen molar-refractivity contribution in [3.63, 3.8) is 0 Å². The number of anilines is 1. The van der Waals surface area contributed by atoms with E-state index in [1.165, 1.54) is 6.07 Å². The molecule has 26 heavy (non-hydrogen) atoms. The first-order valence-electron chi connectivity index (χ1n) is 8.29. The van der Waals surface area contributed by atoms with Gasteiger partial charge in [-0.05, 0) is 25.2 Å². The number of hydrogen-bond donors (Lipinski definition) is 2. The highest BCUT2D eigenvalue weighted by Gasteiger charge is 2.26. The molecular weight excluding hydrogens is 359 g/mol. The Morgan fingerprint density at radius 2 is 2.15 bits per heavy atom. The average molecular weight is 377 g/mol. The van der Waals surface area contributed by atoms with Gasteiger partial charge in [0.05, 0.1) is 5.56 Å². The minimum absolute atomic E-state index is 0.0108. The van der Waals surface area contributed by atoms with Gasteiger partial charge in [-0.1, -0.05) is 11.6 Å². The van der Waals surface area contributed by atoms with Gasteiger partial charge in [-0.2, -0.15) is 0 Å². The van der Waals surface area contributed by atoms with E-state index in [1.807, 2.05) is 11.9 Å². The molecule has 9 heteroatoms. The van der Waals surface area contributed by atoms with E-state index in [9.17, 15) is 9.50 Å². The summed E-state index contributed by atoms with van der Waals surface area (Å²) in [5, 5.41) is 22.3. The number of likely N-dealkylation sites (N-methyl/N-ethyl adjacent to an activating group) is 1. The van der Waals surface area contributed by atoms with Crippen LogP contribution in [-0.4, -0.2) is 61.9 Å². The summed E-state index contributed by atoms with van der Waals surface area (Å²) in [4.78, 5) is 6.29. The minimum atomic E-state index is -0.875. The zero-order valence-corrected chi connectivity index (χ0v) is 14.9. The number of rotatable bonds is 3. The summed E-state index contributed by atoms with van der Waals surface area (Å²) >= 11 is 5.90. The first kappa shape index (κ1) is 17.0. The molecule has 0 aliphatic carbocycles. The number of nitrogens with one attached hydrogen (secondary N) is 1. The van der Waals surface area contributed by atoms with Crippen molar-refractivity contribution in [3.05, 3.63) is 35.6 Å². The van der Waals surface area contributed by atoms with Crippen LogP contribution < -0.4 is 5.32 Å². The second kappa shape index (κ2) is 6.69. The number of nitrogens with zero attached hydrogens (tertiary/aromatic N) is 5. The predicted molar refractivity (Wildman–Crippen MR) is 97.3 cm³/mol. The largest absolute Gasteiger partial charge is 0.507 e. The number of phenols is 1. The standard InChI is InChI=1S/C17H18ClFN6O/c1-24-8-11(19)7-12(9-24)21-15-17-20-4-5-25(17)16(23-22-15)13-3-2-10(18)6-14(13)26/h2-6,11-12,26H,7-9H2,1H3,(H,21,22)/t11-,12-/m1/s1. The van der Waals surface area contributed by atoms with E-state index in [2.05, 4.69) is 20.5 Å². The Balaban J connectivity index is 1.70. The smallest absolute Gasteiger partial charge is 0.192 e. The van der Waals surface area contributed by atoms with Gasteiger partial charge < -0.3 is 15.3 Å². The van der Waals surface area contributed by atoms with E-state index in [0.717, 1.165) is 0 Å². The Kier molecular flexibility index (Phi) is 4.37. The van der Waals surface area contributed by atoms with Crippen molar-refractivity contribution >= 4 is 23.1 Å². The van der Waals surface area contributed by atoms with E-state index in [1.54, 1.807) is 28.9 Å². The van der Waals surface area contributed by atoms with E-state index < -0.39 is 6.17 Å². The highest BCUT2D eigenvalue weighted by molar-refractivity contribution is 6.30. The molecule has 3 aromatic rings. The molecule has 0 saturated carbocycles.